The Kier molecular flexibility index (Phi) is 5.84. The summed E-state index contributed by atoms with van der Waals surface area (Å²) in [5.74, 6) is -0.260. The first kappa shape index (κ1) is 16.7. The number of hydrogen-bond acceptors (Lipinski definition) is 7. The molecule has 2 heterocycles. The van der Waals surface area contributed by atoms with E-state index < -0.39 is 4.92 Å². The van der Waals surface area contributed by atoms with Gasteiger partial charge in [-0.2, -0.15) is 10.5 Å². The van der Waals surface area contributed by atoms with Gasteiger partial charge in [-0.25, -0.2) is 0 Å². The Morgan fingerprint density at radius 1 is 1.30 bits per heavy atom. The van der Waals surface area contributed by atoms with Gasteiger partial charge in [0.25, 0.3) is 0 Å². The molecule has 0 aliphatic carbocycles. The minimum absolute atomic E-state index is 0.109. The van der Waals surface area contributed by atoms with E-state index >= 15 is 0 Å². The minimum atomic E-state index is -0.509. The van der Waals surface area contributed by atoms with Crippen molar-refractivity contribution in [2.45, 2.75) is 12.8 Å². The van der Waals surface area contributed by atoms with Crippen molar-refractivity contribution in [3.63, 3.8) is 0 Å². The van der Waals surface area contributed by atoms with Crippen molar-refractivity contribution in [1.82, 2.24) is 9.88 Å². The summed E-state index contributed by atoms with van der Waals surface area (Å²) in [7, 11) is 0. The Bertz CT molecular complexity index is 610. The highest BCUT2D eigenvalue weighted by atomic mass is 16.6. The first-order chi connectivity index (χ1) is 11.1. The Balaban J connectivity index is 1.85. The molecule has 2 rings (SSSR count). The van der Waals surface area contributed by atoms with Crippen LogP contribution in [0.15, 0.2) is 18.3 Å². The van der Waals surface area contributed by atoms with Crippen molar-refractivity contribution in [1.29, 1.82) is 10.5 Å². The lowest BCUT2D eigenvalue weighted by Gasteiger charge is -2.36. The summed E-state index contributed by atoms with van der Waals surface area (Å²) in [4.78, 5) is 18.3. The second-order valence-corrected chi connectivity index (χ2v) is 5.44. The summed E-state index contributed by atoms with van der Waals surface area (Å²) in [6.07, 6.45) is 2.55. The molecular weight excluding hydrogens is 296 g/mol. The predicted molar refractivity (Wildman–Crippen MR) is 83.5 cm³/mol. The molecule has 0 saturated carbocycles. The van der Waals surface area contributed by atoms with Crippen molar-refractivity contribution >= 4 is 11.5 Å². The second-order valence-electron chi connectivity index (χ2n) is 5.44. The number of nitriles is 2. The molecule has 1 aromatic rings. The fourth-order valence-corrected chi connectivity index (χ4v) is 2.61. The molecule has 0 spiro atoms. The summed E-state index contributed by atoms with van der Waals surface area (Å²) in [5, 5.41) is 28.3. The molecule has 0 N–H and O–H groups in total. The molecule has 1 aromatic heterocycles. The molecule has 0 bridgehead atoms. The summed E-state index contributed by atoms with van der Waals surface area (Å²) >= 11 is 0. The van der Waals surface area contributed by atoms with Gasteiger partial charge in [-0.05, 0) is 22.4 Å². The highest BCUT2D eigenvalue weighted by Gasteiger charge is 2.21. The lowest BCUT2D eigenvalue weighted by molar-refractivity contribution is -0.389. The maximum absolute atomic E-state index is 10.6. The Labute approximate surface area is 134 Å². The Morgan fingerprint density at radius 3 is 2.57 bits per heavy atom. The monoisotopic (exact) mass is 314 g/mol. The van der Waals surface area contributed by atoms with Crippen molar-refractivity contribution in [2.75, 3.05) is 37.6 Å². The topological polar surface area (TPSA) is 110 Å². The summed E-state index contributed by atoms with van der Waals surface area (Å²) in [6, 6.07) is 7.47. The summed E-state index contributed by atoms with van der Waals surface area (Å²) in [5.41, 5.74) is 0.872. The largest absolute Gasteiger partial charge is 0.366 e. The maximum atomic E-state index is 10.6. The number of aromatic nitrogens is 1. The SMILES string of the molecule is N#CCC[C@@H](C#N)CN1CCN(c2ccc([N+](=O)[O-])nc2)CC1. The van der Waals surface area contributed by atoms with Crippen LogP contribution >= 0.6 is 0 Å². The molecule has 0 amide bonds. The van der Waals surface area contributed by atoms with Crippen LogP contribution in [0.1, 0.15) is 12.8 Å². The zero-order chi connectivity index (χ0) is 16.7. The zero-order valence-electron chi connectivity index (χ0n) is 12.8. The average Bonchev–Trinajstić information content (AvgIpc) is 2.59. The van der Waals surface area contributed by atoms with E-state index in [-0.39, 0.29) is 11.7 Å². The van der Waals surface area contributed by atoms with Gasteiger partial charge in [0.05, 0.1) is 23.7 Å². The second kappa shape index (κ2) is 8.06. The van der Waals surface area contributed by atoms with Gasteiger partial charge >= 0.3 is 5.82 Å². The molecule has 8 heteroatoms. The lowest BCUT2D eigenvalue weighted by Crippen LogP contribution is -2.47. The highest BCUT2D eigenvalue weighted by Crippen LogP contribution is 2.19. The van der Waals surface area contributed by atoms with E-state index in [0.717, 1.165) is 31.9 Å². The normalized spacial score (nSPS) is 16.3. The molecule has 1 saturated heterocycles. The van der Waals surface area contributed by atoms with Crippen LogP contribution in [0.5, 0.6) is 0 Å². The number of rotatable bonds is 6. The van der Waals surface area contributed by atoms with E-state index in [4.69, 9.17) is 10.5 Å². The van der Waals surface area contributed by atoms with Crippen LogP contribution in [0.4, 0.5) is 11.5 Å². The molecule has 1 fully saturated rings. The van der Waals surface area contributed by atoms with Crippen molar-refractivity contribution in [3.05, 3.63) is 28.4 Å². The van der Waals surface area contributed by atoms with Crippen molar-refractivity contribution in [2.24, 2.45) is 5.92 Å². The third-order valence-corrected chi connectivity index (χ3v) is 3.92. The van der Waals surface area contributed by atoms with Gasteiger partial charge in [-0.15, -0.1) is 0 Å². The zero-order valence-corrected chi connectivity index (χ0v) is 12.8. The molecule has 1 atom stereocenters. The van der Waals surface area contributed by atoms with E-state index in [1.807, 2.05) is 0 Å². The average molecular weight is 314 g/mol. The fraction of sp³-hybridized carbons (Fsp3) is 0.533. The number of nitro groups is 1. The van der Waals surface area contributed by atoms with E-state index in [2.05, 4.69) is 26.9 Å². The molecule has 0 aromatic carbocycles. The van der Waals surface area contributed by atoms with Crippen LogP contribution < -0.4 is 4.90 Å². The van der Waals surface area contributed by atoms with Gasteiger partial charge in [0, 0.05) is 45.2 Å². The van der Waals surface area contributed by atoms with Gasteiger partial charge in [-0.1, -0.05) is 0 Å². The van der Waals surface area contributed by atoms with Gasteiger partial charge in [0.1, 0.15) is 0 Å². The van der Waals surface area contributed by atoms with E-state index in [9.17, 15) is 10.1 Å². The number of hydrogen-bond donors (Lipinski definition) is 0. The molecule has 120 valence electrons. The van der Waals surface area contributed by atoms with Gasteiger partial charge in [-0.3, -0.25) is 4.90 Å². The number of anilines is 1. The molecule has 0 unspecified atom stereocenters. The third kappa shape index (κ3) is 4.63. The summed E-state index contributed by atoms with van der Waals surface area (Å²) in [6.45, 7) is 3.90. The number of piperazine rings is 1. The van der Waals surface area contributed by atoms with Gasteiger partial charge < -0.3 is 15.0 Å². The van der Waals surface area contributed by atoms with Crippen LogP contribution in [0, 0.1) is 38.7 Å². The molecular formula is C15H18N6O2. The van der Waals surface area contributed by atoms with Crippen molar-refractivity contribution < 1.29 is 4.92 Å². The maximum Gasteiger partial charge on any atom is 0.363 e. The van der Waals surface area contributed by atoms with Crippen LogP contribution in [-0.2, 0) is 0 Å². The molecule has 1 aliphatic heterocycles. The molecule has 23 heavy (non-hydrogen) atoms. The smallest absolute Gasteiger partial charge is 0.363 e. The van der Waals surface area contributed by atoms with Crippen LogP contribution in [0.2, 0.25) is 0 Å². The Morgan fingerprint density at radius 2 is 2.04 bits per heavy atom. The van der Waals surface area contributed by atoms with Crippen LogP contribution in [0.25, 0.3) is 0 Å². The third-order valence-electron chi connectivity index (χ3n) is 3.92. The first-order valence-corrected chi connectivity index (χ1v) is 7.48. The Hall–Kier alpha value is -2.71. The van der Waals surface area contributed by atoms with Gasteiger partial charge in [0.2, 0.25) is 0 Å². The fourth-order valence-electron chi connectivity index (χ4n) is 2.61. The van der Waals surface area contributed by atoms with E-state index in [0.29, 0.717) is 19.4 Å². The quantitative estimate of drug-likeness (QED) is 0.578. The molecule has 8 nitrogen and oxygen atoms in total. The van der Waals surface area contributed by atoms with Gasteiger partial charge in [0.15, 0.2) is 6.20 Å². The standard InChI is InChI=1S/C15H18N6O2/c16-5-1-2-13(10-17)12-19-6-8-20(9-7-19)14-3-4-15(18-11-14)21(22)23/h3-4,11,13H,1-2,6-9,12H2/t13-/m0/s1. The van der Waals surface area contributed by atoms with Crippen molar-refractivity contribution in [3.8, 4) is 12.1 Å². The molecule has 1 aliphatic rings. The van der Waals surface area contributed by atoms with Crippen LogP contribution in [-0.4, -0.2) is 47.5 Å². The van der Waals surface area contributed by atoms with E-state index in [1.54, 1.807) is 6.07 Å². The number of nitrogens with zero attached hydrogens (tertiary/aromatic N) is 6. The summed E-state index contributed by atoms with van der Waals surface area (Å²) < 4.78 is 0. The lowest BCUT2D eigenvalue weighted by atomic mass is 10.0. The van der Waals surface area contributed by atoms with Crippen LogP contribution in [0.3, 0.4) is 0 Å². The first-order valence-electron chi connectivity index (χ1n) is 7.48. The molecule has 0 radical (unpaired) electrons. The highest BCUT2D eigenvalue weighted by molar-refractivity contribution is 5.46. The predicted octanol–water partition coefficient (Wildman–Crippen LogP) is 1.56. The van der Waals surface area contributed by atoms with E-state index in [1.165, 1.54) is 12.3 Å². The number of pyridine rings is 1. The minimum Gasteiger partial charge on any atom is -0.366 e.